The molecular formula is C12H17N3O3S. The van der Waals surface area contributed by atoms with E-state index < -0.39 is 15.6 Å². The highest BCUT2D eigenvalue weighted by atomic mass is 32.2. The van der Waals surface area contributed by atoms with E-state index in [0.717, 1.165) is 19.4 Å². The van der Waals surface area contributed by atoms with Gasteiger partial charge in [-0.3, -0.25) is 4.79 Å². The monoisotopic (exact) mass is 283 g/mol. The summed E-state index contributed by atoms with van der Waals surface area (Å²) in [6.07, 6.45) is 1.70. The van der Waals surface area contributed by atoms with Gasteiger partial charge >= 0.3 is 0 Å². The van der Waals surface area contributed by atoms with Crippen LogP contribution in [-0.4, -0.2) is 26.4 Å². The van der Waals surface area contributed by atoms with E-state index in [4.69, 9.17) is 5.14 Å². The zero-order valence-corrected chi connectivity index (χ0v) is 11.5. The smallest absolute Gasteiger partial charge is 0.244 e. The predicted molar refractivity (Wildman–Crippen MR) is 72.1 cm³/mol. The van der Waals surface area contributed by atoms with Crippen molar-refractivity contribution in [3.8, 4) is 0 Å². The van der Waals surface area contributed by atoms with E-state index in [1.165, 1.54) is 12.1 Å². The number of benzene rings is 1. The summed E-state index contributed by atoms with van der Waals surface area (Å²) in [4.78, 5) is 12.1. The average Bonchev–Trinajstić information content (AvgIpc) is 2.77. The first-order chi connectivity index (χ1) is 8.81. The molecule has 4 N–H and O–H groups in total. The zero-order chi connectivity index (χ0) is 14.1. The number of anilines is 1. The molecule has 0 aromatic heterocycles. The molecule has 0 radical (unpaired) electrons. The predicted octanol–water partition coefficient (Wildman–Crippen LogP) is 0.415. The van der Waals surface area contributed by atoms with E-state index in [1.54, 1.807) is 12.1 Å². The molecule has 1 unspecified atom stereocenters. The summed E-state index contributed by atoms with van der Waals surface area (Å²) in [5.74, 6) is -0.170. The van der Waals surface area contributed by atoms with Crippen molar-refractivity contribution in [1.82, 2.24) is 5.32 Å². The molecule has 1 aromatic carbocycles. The third-order valence-electron chi connectivity index (χ3n) is 3.29. The van der Waals surface area contributed by atoms with E-state index >= 15 is 0 Å². The summed E-state index contributed by atoms with van der Waals surface area (Å²) in [5.41, 5.74) is -0.177. The van der Waals surface area contributed by atoms with Crippen LogP contribution in [-0.2, 0) is 14.8 Å². The van der Waals surface area contributed by atoms with Crippen molar-refractivity contribution in [2.24, 2.45) is 5.14 Å². The molecule has 1 aliphatic heterocycles. The van der Waals surface area contributed by atoms with Crippen molar-refractivity contribution in [3.05, 3.63) is 24.3 Å². The standard InChI is InChI=1S/C12H17N3O3S/c1-12(6-3-7-14-12)11(16)15-9-4-2-5-10(8-9)19(13,17)18/h2,4-5,8,14H,3,6-7H2,1H3,(H,15,16)(H2,13,17,18). The van der Waals surface area contributed by atoms with Crippen molar-refractivity contribution < 1.29 is 13.2 Å². The van der Waals surface area contributed by atoms with E-state index in [0.29, 0.717) is 5.69 Å². The maximum atomic E-state index is 12.1. The van der Waals surface area contributed by atoms with Gasteiger partial charge in [-0.2, -0.15) is 0 Å². The normalized spacial score (nSPS) is 23.3. The molecule has 1 heterocycles. The van der Waals surface area contributed by atoms with Crippen LogP contribution in [0.15, 0.2) is 29.2 Å². The number of primary sulfonamides is 1. The Morgan fingerprint density at radius 2 is 2.21 bits per heavy atom. The summed E-state index contributed by atoms with van der Waals surface area (Å²) in [5, 5.41) is 10.9. The lowest BCUT2D eigenvalue weighted by molar-refractivity contribution is -0.121. The fraction of sp³-hybridized carbons (Fsp3) is 0.417. The number of hydrogen-bond donors (Lipinski definition) is 3. The van der Waals surface area contributed by atoms with E-state index in [-0.39, 0.29) is 10.8 Å². The molecule has 2 rings (SSSR count). The van der Waals surface area contributed by atoms with Gasteiger partial charge in [-0.25, -0.2) is 13.6 Å². The first-order valence-electron chi connectivity index (χ1n) is 6.01. The zero-order valence-electron chi connectivity index (χ0n) is 10.6. The highest BCUT2D eigenvalue weighted by Gasteiger charge is 2.35. The Bertz CT molecular complexity index is 592. The minimum atomic E-state index is -3.76. The molecule has 1 aliphatic rings. The van der Waals surface area contributed by atoms with Crippen LogP contribution in [0.25, 0.3) is 0 Å². The van der Waals surface area contributed by atoms with Gasteiger partial charge in [0, 0.05) is 5.69 Å². The van der Waals surface area contributed by atoms with Crippen LogP contribution in [0, 0.1) is 0 Å². The van der Waals surface area contributed by atoms with Gasteiger partial charge in [0.1, 0.15) is 0 Å². The molecule has 1 aromatic rings. The number of amides is 1. The number of hydrogen-bond acceptors (Lipinski definition) is 4. The third-order valence-corrected chi connectivity index (χ3v) is 4.20. The Morgan fingerprint density at radius 3 is 2.79 bits per heavy atom. The van der Waals surface area contributed by atoms with Crippen LogP contribution in [0.1, 0.15) is 19.8 Å². The summed E-state index contributed by atoms with van der Waals surface area (Å²) in [6.45, 7) is 2.64. The number of rotatable bonds is 3. The lowest BCUT2D eigenvalue weighted by Crippen LogP contribution is -2.47. The lowest BCUT2D eigenvalue weighted by atomic mass is 9.99. The van der Waals surface area contributed by atoms with Gasteiger partial charge in [-0.15, -0.1) is 0 Å². The summed E-state index contributed by atoms with van der Waals surface area (Å²) in [7, 11) is -3.76. The van der Waals surface area contributed by atoms with E-state index in [2.05, 4.69) is 10.6 Å². The van der Waals surface area contributed by atoms with Gasteiger partial charge in [0.2, 0.25) is 15.9 Å². The Labute approximate surface area is 112 Å². The second kappa shape index (κ2) is 4.92. The van der Waals surface area contributed by atoms with E-state index in [1.807, 2.05) is 6.92 Å². The van der Waals surface area contributed by atoms with Crippen molar-refractivity contribution >= 4 is 21.6 Å². The Hall–Kier alpha value is -1.44. The molecule has 0 saturated carbocycles. The minimum Gasteiger partial charge on any atom is -0.324 e. The van der Waals surface area contributed by atoms with Gasteiger partial charge < -0.3 is 10.6 Å². The van der Waals surface area contributed by atoms with Crippen LogP contribution >= 0.6 is 0 Å². The molecule has 7 heteroatoms. The molecular weight excluding hydrogens is 266 g/mol. The van der Waals surface area contributed by atoms with Crippen LogP contribution in [0.5, 0.6) is 0 Å². The molecule has 1 atom stereocenters. The van der Waals surface area contributed by atoms with E-state index in [9.17, 15) is 13.2 Å². The molecule has 104 valence electrons. The molecule has 6 nitrogen and oxygen atoms in total. The fourth-order valence-corrected chi connectivity index (χ4v) is 2.67. The van der Waals surface area contributed by atoms with Crippen molar-refractivity contribution in [1.29, 1.82) is 0 Å². The SMILES string of the molecule is CC1(C(=O)Nc2cccc(S(N)(=O)=O)c2)CCCN1. The maximum absolute atomic E-state index is 12.1. The lowest BCUT2D eigenvalue weighted by Gasteiger charge is -2.23. The molecule has 1 saturated heterocycles. The van der Waals surface area contributed by atoms with Crippen molar-refractivity contribution in [3.63, 3.8) is 0 Å². The van der Waals surface area contributed by atoms with Crippen LogP contribution in [0.3, 0.4) is 0 Å². The molecule has 1 fully saturated rings. The second-order valence-electron chi connectivity index (χ2n) is 4.89. The Morgan fingerprint density at radius 1 is 1.47 bits per heavy atom. The summed E-state index contributed by atoms with van der Waals surface area (Å²) in [6, 6.07) is 5.91. The molecule has 19 heavy (non-hydrogen) atoms. The highest BCUT2D eigenvalue weighted by Crippen LogP contribution is 2.21. The molecule has 0 spiro atoms. The van der Waals surface area contributed by atoms with Gasteiger partial charge in [-0.05, 0) is 44.5 Å². The summed E-state index contributed by atoms with van der Waals surface area (Å²) < 4.78 is 22.5. The number of carbonyl (C=O) groups excluding carboxylic acids is 1. The second-order valence-corrected chi connectivity index (χ2v) is 6.45. The van der Waals surface area contributed by atoms with Gasteiger partial charge in [0.15, 0.2) is 0 Å². The average molecular weight is 283 g/mol. The maximum Gasteiger partial charge on any atom is 0.244 e. The van der Waals surface area contributed by atoms with Crippen LogP contribution < -0.4 is 15.8 Å². The molecule has 1 amide bonds. The first kappa shape index (κ1) is 14.0. The Kier molecular flexibility index (Phi) is 3.62. The highest BCUT2D eigenvalue weighted by molar-refractivity contribution is 7.89. The number of sulfonamides is 1. The Balaban J connectivity index is 2.18. The minimum absolute atomic E-state index is 0.0187. The number of nitrogens with one attached hydrogen (secondary N) is 2. The quantitative estimate of drug-likeness (QED) is 0.748. The van der Waals surface area contributed by atoms with Crippen LogP contribution in [0.4, 0.5) is 5.69 Å². The third kappa shape index (κ3) is 3.12. The number of nitrogens with two attached hydrogens (primary N) is 1. The fourth-order valence-electron chi connectivity index (χ4n) is 2.11. The first-order valence-corrected chi connectivity index (χ1v) is 7.55. The van der Waals surface area contributed by atoms with Crippen LogP contribution in [0.2, 0.25) is 0 Å². The summed E-state index contributed by atoms with van der Waals surface area (Å²) >= 11 is 0. The number of carbonyl (C=O) groups is 1. The molecule has 0 bridgehead atoms. The van der Waals surface area contributed by atoms with Crippen molar-refractivity contribution in [2.45, 2.75) is 30.2 Å². The van der Waals surface area contributed by atoms with Gasteiger partial charge in [0.05, 0.1) is 10.4 Å². The van der Waals surface area contributed by atoms with Crippen molar-refractivity contribution in [2.75, 3.05) is 11.9 Å². The molecule has 0 aliphatic carbocycles. The van der Waals surface area contributed by atoms with Gasteiger partial charge in [0.25, 0.3) is 0 Å². The largest absolute Gasteiger partial charge is 0.324 e. The van der Waals surface area contributed by atoms with Gasteiger partial charge in [-0.1, -0.05) is 6.07 Å². The topological polar surface area (TPSA) is 101 Å².